The molecule has 2 bridgehead atoms. The first kappa shape index (κ1) is 14.9. The minimum Gasteiger partial charge on any atom is -0.326 e. The van der Waals surface area contributed by atoms with E-state index in [0.29, 0.717) is 19.1 Å². The first-order valence-electron chi connectivity index (χ1n) is 7.99. The zero-order valence-corrected chi connectivity index (χ0v) is 12.6. The lowest BCUT2D eigenvalue weighted by Gasteiger charge is -2.57. The van der Waals surface area contributed by atoms with Crippen molar-refractivity contribution in [2.75, 3.05) is 13.2 Å². The van der Waals surface area contributed by atoms with E-state index in [4.69, 9.17) is 20.6 Å². The van der Waals surface area contributed by atoms with Crippen molar-refractivity contribution < 1.29 is 14.2 Å². The molecule has 4 heteroatoms. The first-order valence-corrected chi connectivity index (χ1v) is 7.99. The Labute approximate surface area is 126 Å². The minimum atomic E-state index is -1.00. The van der Waals surface area contributed by atoms with E-state index in [0.717, 1.165) is 38.5 Å². The lowest BCUT2D eigenvalue weighted by atomic mass is 9.75. The number of nitrogens with zero attached hydrogens (tertiary/aromatic N) is 1. The van der Waals surface area contributed by atoms with Gasteiger partial charge in [-0.2, -0.15) is 5.26 Å². The van der Waals surface area contributed by atoms with Gasteiger partial charge < -0.3 is 14.2 Å². The fourth-order valence-corrected chi connectivity index (χ4v) is 3.96. The highest BCUT2D eigenvalue weighted by Crippen LogP contribution is 2.51. The molecule has 0 aromatic rings. The quantitative estimate of drug-likeness (QED) is 0.750. The molecule has 3 heterocycles. The Morgan fingerprint density at radius 3 is 2.38 bits per heavy atom. The van der Waals surface area contributed by atoms with Gasteiger partial charge >= 0.3 is 0 Å². The van der Waals surface area contributed by atoms with E-state index in [1.54, 1.807) is 0 Å². The summed E-state index contributed by atoms with van der Waals surface area (Å²) >= 11 is 0. The normalized spacial score (nSPS) is 45.8. The maximum atomic E-state index is 9.49. The second-order valence-electron chi connectivity index (χ2n) is 6.64. The van der Waals surface area contributed by atoms with Crippen molar-refractivity contribution in [1.29, 1.82) is 5.26 Å². The highest BCUT2D eigenvalue weighted by atomic mass is 16.9. The van der Waals surface area contributed by atoms with E-state index >= 15 is 0 Å². The molecule has 1 saturated carbocycles. The molecule has 4 nitrogen and oxygen atoms in total. The van der Waals surface area contributed by atoms with Gasteiger partial charge in [-0.3, -0.25) is 0 Å². The maximum Gasteiger partial charge on any atom is 0.287 e. The van der Waals surface area contributed by atoms with Crippen LogP contribution in [0.3, 0.4) is 0 Å². The monoisotopic (exact) mass is 289 g/mol. The number of hydrogen-bond acceptors (Lipinski definition) is 4. The highest BCUT2D eigenvalue weighted by molar-refractivity contribution is 5.07. The largest absolute Gasteiger partial charge is 0.326 e. The molecule has 0 N–H and O–H groups in total. The maximum absolute atomic E-state index is 9.49. The molecule has 3 aliphatic heterocycles. The van der Waals surface area contributed by atoms with Gasteiger partial charge in [0, 0.05) is 11.8 Å². The smallest absolute Gasteiger partial charge is 0.287 e. The zero-order chi connectivity index (χ0) is 14.9. The van der Waals surface area contributed by atoms with Crippen LogP contribution in [0.15, 0.2) is 0 Å². The predicted octanol–water partition coefficient (Wildman–Crippen LogP) is 2.84. The molecule has 0 aromatic carbocycles. The summed E-state index contributed by atoms with van der Waals surface area (Å²) in [5, 5.41) is 9.49. The third-order valence-electron chi connectivity index (χ3n) is 5.29. The molecule has 1 aliphatic carbocycles. The molecule has 114 valence electrons. The Morgan fingerprint density at radius 2 is 1.86 bits per heavy atom. The van der Waals surface area contributed by atoms with Crippen LogP contribution in [0.4, 0.5) is 0 Å². The lowest BCUT2D eigenvalue weighted by molar-refractivity contribution is -0.500. The van der Waals surface area contributed by atoms with Gasteiger partial charge in [-0.05, 0) is 32.1 Å². The molecule has 0 spiro atoms. The van der Waals surface area contributed by atoms with Gasteiger partial charge in [0.2, 0.25) is 0 Å². The van der Waals surface area contributed by atoms with Crippen LogP contribution in [-0.4, -0.2) is 25.3 Å². The molecule has 21 heavy (non-hydrogen) atoms. The van der Waals surface area contributed by atoms with Gasteiger partial charge in [0.15, 0.2) is 6.10 Å². The van der Waals surface area contributed by atoms with Gasteiger partial charge in [0.05, 0.1) is 24.7 Å². The van der Waals surface area contributed by atoms with Crippen molar-refractivity contribution in [2.45, 2.75) is 57.5 Å². The summed E-state index contributed by atoms with van der Waals surface area (Å²) < 4.78 is 18.1. The van der Waals surface area contributed by atoms with Gasteiger partial charge in [-0.1, -0.05) is 13.3 Å². The standard InChI is InChI=1S/C17H23NO3/c1-3-9-16-11-19-17(20-12-16,21-15(16)10-18)14-7-5-13(4-2)6-8-14/h2,13-15H,3,5-9,11-12H2,1H3. The van der Waals surface area contributed by atoms with Crippen molar-refractivity contribution >= 4 is 0 Å². The number of terminal acetylenes is 1. The van der Waals surface area contributed by atoms with E-state index in [2.05, 4.69) is 18.9 Å². The second-order valence-corrected chi connectivity index (χ2v) is 6.64. The summed E-state index contributed by atoms with van der Waals surface area (Å²) in [4.78, 5) is 0. The van der Waals surface area contributed by atoms with Crippen LogP contribution in [0.1, 0.15) is 45.4 Å². The summed E-state index contributed by atoms with van der Waals surface area (Å²) in [5.74, 6) is 2.37. The molecule has 4 fully saturated rings. The number of nitriles is 1. The Bertz CT molecular complexity index is 459. The highest BCUT2D eigenvalue weighted by Gasteiger charge is 2.61. The Hall–Kier alpha value is -1.07. The van der Waals surface area contributed by atoms with Crippen LogP contribution in [0.2, 0.25) is 0 Å². The molecule has 1 unspecified atom stereocenters. The number of ether oxygens (including phenoxy) is 3. The molecule has 0 aromatic heterocycles. The van der Waals surface area contributed by atoms with Crippen LogP contribution in [-0.2, 0) is 14.2 Å². The van der Waals surface area contributed by atoms with Gasteiger partial charge in [-0.25, -0.2) is 0 Å². The average Bonchev–Trinajstić information content (AvgIpc) is 2.56. The van der Waals surface area contributed by atoms with Crippen LogP contribution in [0, 0.1) is 40.9 Å². The van der Waals surface area contributed by atoms with Crippen LogP contribution < -0.4 is 0 Å². The Balaban J connectivity index is 1.74. The fourth-order valence-electron chi connectivity index (χ4n) is 3.96. The average molecular weight is 289 g/mol. The van der Waals surface area contributed by atoms with Crippen molar-refractivity contribution in [3.05, 3.63) is 0 Å². The molecule has 3 saturated heterocycles. The Kier molecular flexibility index (Phi) is 3.97. The van der Waals surface area contributed by atoms with Crippen molar-refractivity contribution in [3.63, 3.8) is 0 Å². The van der Waals surface area contributed by atoms with Crippen molar-refractivity contribution in [2.24, 2.45) is 17.3 Å². The number of hydrogen-bond donors (Lipinski definition) is 0. The summed E-state index contributed by atoms with van der Waals surface area (Å²) in [6.07, 6.45) is 10.8. The number of rotatable bonds is 3. The third-order valence-corrected chi connectivity index (χ3v) is 5.29. The van der Waals surface area contributed by atoms with E-state index in [9.17, 15) is 5.26 Å². The molecule has 0 radical (unpaired) electrons. The van der Waals surface area contributed by atoms with Crippen LogP contribution in [0.25, 0.3) is 0 Å². The lowest BCUT2D eigenvalue weighted by Crippen LogP contribution is -2.66. The predicted molar refractivity (Wildman–Crippen MR) is 76.7 cm³/mol. The number of fused-ring (bicyclic) bond motifs is 3. The summed E-state index contributed by atoms with van der Waals surface area (Å²) in [7, 11) is 0. The molecular weight excluding hydrogens is 266 g/mol. The Morgan fingerprint density at radius 1 is 1.19 bits per heavy atom. The summed E-state index contributed by atoms with van der Waals surface area (Å²) in [5.41, 5.74) is -0.290. The van der Waals surface area contributed by atoms with E-state index in [1.165, 1.54) is 0 Å². The molecule has 4 aliphatic rings. The first-order chi connectivity index (χ1) is 10.2. The molecule has 1 atom stereocenters. The summed E-state index contributed by atoms with van der Waals surface area (Å²) in [6.45, 7) is 3.24. The van der Waals surface area contributed by atoms with Crippen LogP contribution >= 0.6 is 0 Å². The van der Waals surface area contributed by atoms with Gasteiger partial charge in [-0.15, -0.1) is 12.3 Å². The topological polar surface area (TPSA) is 51.5 Å². The SMILES string of the molecule is C#CC1CCC(C23OCC(CCC)(CO2)C(C#N)O3)CC1. The molecule has 4 rings (SSSR count). The third kappa shape index (κ3) is 2.36. The minimum absolute atomic E-state index is 0.179. The van der Waals surface area contributed by atoms with Crippen molar-refractivity contribution in [1.82, 2.24) is 0 Å². The van der Waals surface area contributed by atoms with E-state index < -0.39 is 12.1 Å². The van der Waals surface area contributed by atoms with E-state index in [-0.39, 0.29) is 11.3 Å². The molecular formula is C17H23NO3. The van der Waals surface area contributed by atoms with Gasteiger partial charge in [0.25, 0.3) is 5.97 Å². The zero-order valence-electron chi connectivity index (χ0n) is 12.6. The molecule has 0 amide bonds. The van der Waals surface area contributed by atoms with Crippen molar-refractivity contribution in [3.8, 4) is 18.4 Å². The fraction of sp³-hybridized carbons (Fsp3) is 0.824. The summed E-state index contributed by atoms with van der Waals surface area (Å²) in [6, 6.07) is 2.33. The van der Waals surface area contributed by atoms with E-state index in [1.807, 2.05) is 0 Å². The second kappa shape index (κ2) is 5.61. The van der Waals surface area contributed by atoms with Crippen LogP contribution in [0.5, 0.6) is 0 Å². The van der Waals surface area contributed by atoms with Gasteiger partial charge in [0.1, 0.15) is 0 Å².